The summed E-state index contributed by atoms with van der Waals surface area (Å²) in [7, 11) is -1.94. The molecule has 0 aliphatic rings. The van der Waals surface area contributed by atoms with Crippen molar-refractivity contribution in [1.29, 1.82) is 0 Å². The number of hydrogen-bond donors (Lipinski definition) is 0. The molecule has 156 valence electrons. The molecule has 0 amide bonds. The Morgan fingerprint density at radius 2 is 1.09 bits per heavy atom. The van der Waals surface area contributed by atoms with E-state index in [0.717, 1.165) is 27.4 Å². The lowest BCUT2D eigenvalue weighted by molar-refractivity contribution is 1.22. The van der Waals surface area contributed by atoms with Crippen molar-refractivity contribution in [3.63, 3.8) is 0 Å². The Labute approximate surface area is 198 Å². The van der Waals surface area contributed by atoms with Crippen LogP contribution in [0.15, 0.2) is 121 Å². The van der Waals surface area contributed by atoms with Crippen molar-refractivity contribution >= 4 is 46.1 Å². The zero-order valence-electron chi connectivity index (χ0n) is 17.4. The van der Waals surface area contributed by atoms with Crippen LogP contribution in [0.4, 0.5) is 0 Å². The molecule has 0 spiro atoms. The number of nitrogens with zero attached hydrogens (tertiary/aromatic N) is 1. The van der Waals surface area contributed by atoms with Crippen LogP contribution in [0.3, 0.4) is 0 Å². The van der Waals surface area contributed by atoms with E-state index in [4.69, 9.17) is 16.6 Å². The normalized spacial score (nSPS) is 11.4. The van der Waals surface area contributed by atoms with Gasteiger partial charge in [-0.2, -0.15) is 0 Å². The minimum Gasteiger partial charge on any atom is -0.237 e. The van der Waals surface area contributed by atoms with Crippen molar-refractivity contribution < 1.29 is 0 Å². The summed E-state index contributed by atoms with van der Waals surface area (Å²) in [5.41, 5.74) is 2.23. The summed E-state index contributed by atoms with van der Waals surface area (Å²) in [5.74, 6) is 0. The maximum Gasteiger partial charge on any atom is 0.123 e. The molecule has 0 radical (unpaired) electrons. The number of benzene rings is 4. The Morgan fingerprint density at radius 1 is 0.625 bits per heavy atom. The monoisotopic (exact) mass is 470 g/mol. The van der Waals surface area contributed by atoms with Crippen LogP contribution in [0.5, 0.6) is 0 Å². The van der Waals surface area contributed by atoms with Crippen LogP contribution in [0, 0.1) is 0 Å². The van der Waals surface area contributed by atoms with Gasteiger partial charge in [0.2, 0.25) is 0 Å². The van der Waals surface area contributed by atoms with Gasteiger partial charge >= 0.3 is 0 Å². The molecule has 0 N–H and O–H groups in total. The summed E-state index contributed by atoms with van der Waals surface area (Å²) in [5, 5.41) is 8.11. The summed E-state index contributed by atoms with van der Waals surface area (Å²) < 4.78 is 0. The summed E-state index contributed by atoms with van der Waals surface area (Å²) in [4.78, 5) is 5.07. The fourth-order valence-corrected chi connectivity index (χ4v) is 9.32. The fourth-order valence-electron chi connectivity index (χ4n) is 4.12. The van der Waals surface area contributed by atoms with Crippen LogP contribution in [-0.2, 0) is 6.16 Å². The fraction of sp³-hybridized carbons (Fsp3) is 0.0357. The van der Waals surface area contributed by atoms with E-state index in [1.165, 1.54) is 15.9 Å². The number of aromatic nitrogens is 1. The lowest BCUT2D eigenvalue weighted by Gasteiger charge is -2.27. The van der Waals surface area contributed by atoms with Gasteiger partial charge in [-0.25, -0.2) is 4.98 Å². The first-order valence-corrected chi connectivity index (χ1v) is 13.7. The Kier molecular flexibility index (Phi) is 6.19. The van der Waals surface area contributed by atoms with E-state index in [-0.39, 0.29) is 0 Å². The minimum absolute atomic E-state index is 0.743. The van der Waals surface area contributed by atoms with Crippen molar-refractivity contribution in [3.05, 3.63) is 131 Å². The first-order chi connectivity index (χ1) is 15.8. The number of thiazole rings is 1. The predicted octanol–water partition coefficient (Wildman–Crippen LogP) is 6.96. The molecule has 0 fully saturated rings. The SMILES string of the molecule is Clc1ccc(-c2nc(C[P+](c3ccccc3)(c3ccccc3)c3ccccc3)cs2)cc1. The van der Waals surface area contributed by atoms with Crippen LogP contribution in [0.25, 0.3) is 10.6 Å². The van der Waals surface area contributed by atoms with Crippen molar-refractivity contribution in [3.8, 4) is 10.6 Å². The molecule has 5 rings (SSSR count). The molecule has 4 aromatic carbocycles. The van der Waals surface area contributed by atoms with E-state index in [2.05, 4.69) is 96.4 Å². The van der Waals surface area contributed by atoms with Crippen molar-refractivity contribution in [2.24, 2.45) is 0 Å². The summed E-state index contributed by atoms with van der Waals surface area (Å²) in [6, 6.07) is 40.8. The molecular weight excluding hydrogens is 449 g/mol. The van der Waals surface area contributed by atoms with E-state index in [9.17, 15) is 0 Å². The number of rotatable bonds is 6. The van der Waals surface area contributed by atoms with Gasteiger partial charge in [0.25, 0.3) is 0 Å². The van der Waals surface area contributed by atoms with E-state index in [1.54, 1.807) is 11.3 Å². The topological polar surface area (TPSA) is 12.9 Å². The first kappa shape index (κ1) is 21.1. The highest BCUT2D eigenvalue weighted by Crippen LogP contribution is 2.58. The molecule has 1 nitrogen and oxygen atoms in total. The Bertz CT molecular complexity index is 1190. The first-order valence-electron chi connectivity index (χ1n) is 10.5. The van der Waals surface area contributed by atoms with Gasteiger partial charge in [0, 0.05) is 16.0 Å². The minimum atomic E-state index is -1.94. The van der Waals surface area contributed by atoms with Crippen molar-refractivity contribution in [2.75, 3.05) is 0 Å². The zero-order chi connectivity index (χ0) is 21.8. The molecule has 0 saturated heterocycles. The lowest BCUT2D eigenvalue weighted by Crippen LogP contribution is -2.32. The van der Waals surface area contributed by atoms with Gasteiger partial charge in [0.05, 0.1) is 5.69 Å². The lowest BCUT2D eigenvalue weighted by atomic mass is 10.2. The molecule has 0 aliphatic carbocycles. The molecule has 0 aliphatic heterocycles. The van der Waals surface area contributed by atoms with E-state index < -0.39 is 7.26 Å². The van der Waals surface area contributed by atoms with Gasteiger partial charge in [-0.15, -0.1) is 11.3 Å². The molecule has 0 saturated carbocycles. The van der Waals surface area contributed by atoms with E-state index >= 15 is 0 Å². The number of hydrogen-bond acceptors (Lipinski definition) is 2. The second kappa shape index (κ2) is 9.38. The predicted molar refractivity (Wildman–Crippen MR) is 141 cm³/mol. The largest absolute Gasteiger partial charge is 0.237 e. The Morgan fingerprint density at radius 3 is 1.56 bits per heavy atom. The Balaban J connectivity index is 1.66. The highest BCUT2D eigenvalue weighted by Gasteiger charge is 2.46. The van der Waals surface area contributed by atoms with Crippen LogP contribution in [0.1, 0.15) is 5.69 Å². The second-order valence-corrected chi connectivity index (χ2v) is 12.4. The average molecular weight is 471 g/mol. The van der Waals surface area contributed by atoms with Gasteiger partial charge in [0.15, 0.2) is 0 Å². The maximum atomic E-state index is 6.08. The summed E-state index contributed by atoms with van der Waals surface area (Å²) in [6.45, 7) is 0. The highest BCUT2D eigenvalue weighted by molar-refractivity contribution is 7.95. The molecule has 1 aromatic heterocycles. The van der Waals surface area contributed by atoms with Crippen LogP contribution >= 0.6 is 30.2 Å². The van der Waals surface area contributed by atoms with Gasteiger partial charge < -0.3 is 0 Å². The van der Waals surface area contributed by atoms with E-state index in [0.29, 0.717) is 0 Å². The molecule has 0 atom stereocenters. The highest BCUT2D eigenvalue weighted by atomic mass is 35.5. The summed E-state index contributed by atoms with van der Waals surface area (Å²) in [6.07, 6.45) is 0.884. The average Bonchev–Trinajstić information content (AvgIpc) is 3.33. The molecule has 4 heteroatoms. The summed E-state index contributed by atoms with van der Waals surface area (Å²) >= 11 is 7.78. The van der Waals surface area contributed by atoms with Gasteiger partial charge in [-0.1, -0.05) is 78.3 Å². The molecule has 0 unspecified atom stereocenters. The van der Waals surface area contributed by atoms with E-state index in [1.807, 2.05) is 24.3 Å². The maximum absolute atomic E-state index is 6.08. The molecule has 1 heterocycles. The quantitative estimate of drug-likeness (QED) is 0.244. The molecule has 32 heavy (non-hydrogen) atoms. The third-order valence-electron chi connectivity index (χ3n) is 5.63. The van der Waals surface area contributed by atoms with Crippen molar-refractivity contribution in [1.82, 2.24) is 4.98 Å². The molecular formula is C28H22ClNPS+. The number of halogens is 1. The third-order valence-corrected chi connectivity index (χ3v) is 11.2. The van der Waals surface area contributed by atoms with Crippen molar-refractivity contribution in [2.45, 2.75) is 6.16 Å². The standard InChI is InChI=1S/C28H22ClNPS/c29-23-18-16-22(17-19-23)28-30-24(21-32-28)20-31(25-10-4-1-5-11-25,26-12-6-2-7-13-26)27-14-8-3-9-15-27/h1-19,21H,20H2/q+1. The van der Waals surface area contributed by atoms with Gasteiger partial charge in [0.1, 0.15) is 34.3 Å². The van der Waals surface area contributed by atoms with Gasteiger partial charge in [-0.3, -0.25) is 0 Å². The van der Waals surface area contributed by atoms with Gasteiger partial charge in [-0.05, 0) is 48.5 Å². The van der Waals surface area contributed by atoms with Crippen LogP contribution < -0.4 is 15.9 Å². The molecule has 5 aromatic rings. The third kappa shape index (κ3) is 4.14. The van der Waals surface area contributed by atoms with Crippen LogP contribution in [-0.4, -0.2) is 4.98 Å². The Hall–Kier alpha value is -2.77. The second-order valence-electron chi connectivity index (χ2n) is 7.63. The van der Waals surface area contributed by atoms with Crippen LogP contribution in [0.2, 0.25) is 5.02 Å². The smallest absolute Gasteiger partial charge is 0.123 e. The zero-order valence-corrected chi connectivity index (χ0v) is 19.9. The molecule has 0 bridgehead atoms.